The minimum absolute atomic E-state index is 0.665. The van der Waals surface area contributed by atoms with E-state index in [0.717, 1.165) is 23.6 Å². The van der Waals surface area contributed by atoms with Crippen LogP contribution >= 0.6 is 0 Å². The van der Waals surface area contributed by atoms with E-state index in [2.05, 4.69) is 29.9 Å². The molecule has 66 valence electrons. The summed E-state index contributed by atoms with van der Waals surface area (Å²) in [7, 11) is 0. The summed E-state index contributed by atoms with van der Waals surface area (Å²) in [5, 5.41) is 0. The lowest BCUT2D eigenvalue weighted by Gasteiger charge is -2.05. The molecule has 12 heavy (non-hydrogen) atoms. The Labute approximate surface area is 74.1 Å². The third kappa shape index (κ3) is 2.61. The number of aromatic nitrogens is 2. The first-order chi connectivity index (χ1) is 5.58. The Kier molecular flexibility index (Phi) is 2.79. The van der Waals surface area contributed by atoms with Gasteiger partial charge in [0.1, 0.15) is 5.82 Å². The highest BCUT2D eigenvalue weighted by Crippen LogP contribution is 2.06. The van der Waals surface area contributed by atoms with Gasteiger partial charge in [-0.3, -0.25) is 0 Å². The third-order valence-electron chi connectivity index (χ3n) is 1.64. The second-order valence-electron chi connectivity index (χ2n) is 3.65. The highest BCUT2D eigenvalue weighted by Gasteiger charge is 2.01. The fourth-order valence-electron chi connectivity index (χ4n) is 1.32. The Balaban J connectivity index is 2.85. The van der Waals surface area contributed by atoms with Crippen LogP contribution < -0.4 is 0 Å². The number of rotatable bonds is 2. The first-order valence-corrected chi connectivity index (χ1v) is 4.39. The molecule has 0 aliphatic carbocycles. The molecule has 0 aromatic carbocycles. The predicted octanol–water partition coefficient (Wildman–Crippen LogP) is 2.29. The lowest BCUT2D eigenvalue weighted by molar-refractivity contribution is 0.631. The van der Waals surface area contributed by atoms with Gasteiger partial charge in [-0.2, -0.15) is 0 Å². The SMILES string of the molecule is Cc1cc(CC(C)C)nc(C)n1. The van der Waals surface area contributed by atoms with E-state index in [4.69, 9.17) is 0 Å². The topological polar surface area (TPSA) is 25.8 Å². The molecule has 0 saturated heterocycles. The summed E-state index contributed by atoms with van der Waals surface area (Å²) >= 11 is 0. The largest absolute Gasteiger partial charge is 0.239 e. The van der Waals surface area contributed by atoms with Crippen LogP contribution in [0.25, 0.3) is 0 Å². The van der Waals surface area contributed by atoms with Crippen molar-refractivity contribution in [2.75, 3.05) is 0 Å². The molecule has 0 fully saturated rings. The number of hydrogen-bond acceptors (Lipinski definition) is 2. The molecule has 0 saturated carbocycles. The van der Waals surface area contributed by atoms with Gasteiger partial charge in [-0.25, -0.2) is 9.97 Å². The second kappa shape index (κ2) is 3.65. The molecule has 0 aliphatic heterocycles. The first kappa shape index (κ1) is 9.17. The van der Waals surface area contributed by atoms with Crippen LogP contribution in [0.1, 0.15) is 31.1 Å². The van der Waals surface area contributed by atoms with Crippen molar-refractivity contribution in [3.63, 3.8) is 0 Å². The Morgan fingerprint density at radius 1 is 1.25 bits per heavy atom. The molecule has 0 bridgehead atoms. The van der Waals surface area contributed by atoms with Crippen molar-refractivity contribution in [3.8, 4) is 0 Å². The number of aryl methyl sites for hydroxylation is 2. The average molecular weight is 164 g/mol. The fourth-order valence-corrected chi connectivity index (χ4v) is 1.32. The maximum Gasteiger partial charge on any atom is 0.125 e. The van der Waals surface area contributed by atoms with Gasteiger partial charge in [-0.05, 0) is 32.3 Å². The summed E-state index contributed by atoms with van der Waals surface area (Å²) in [6.07, 6.45) is 1.05. The van der Waals surface area contributed by atoms with Crippen molar-refractivity contribution in [1.82, 2.24) is 9.97 Å². The van der Waals surface area contributed by atoms with E-state index in [1.54, 1.807) is 0 Å². The normalized spacial score (nSPS) is 10.8. The molecule has 1 rings (SSSR count). The van der Waals surface area contributed by atoms with Crippen LogP contribution in [-0.4, -0.2) is 9.97 Å². The average Bonchev–Trinajstić information content (AvgIpc) is 1.81. The zero-order valence-electron chi connectivity index (χ0n) is 8.26. The first-order valence-electron chi connectivity index (χ1n) is 4.39. The lowest BCUT2D eigenvalue weighted by Crippen LogP contribution is -2.01. The van der Waals surface area contributed by atoms with E-state index < -0.39 is 0 Å². The molecule has 1 aromatic rings. The molecule has 0 amide bonds. The van der Waals surface area contributed by atoms with Crippen molar-refractivity contribution >= 4 is 0 Å². The Bertz CT molecular complexity index is 246. The quantitative estimate of drug-likeness (QED) is 0.670. The van der Waals surface area contributed by atoms with E-state index in [1.165, 1.54) is 0 Å². The number of nitrogens with zero attached hydrogens (tertiary/aromatic N) is 2. The molecule has 0 radical (unpaired) electrons. The lowest BCUT2D eigenvalue weighted by atomic mass is 10.1. The van der Waals surface area contributed by atoms with Gasteiger partial charge < -0.3 is 0 Å². The molecule has 0 aliphatic rings. The number of hydrogen-bond donors (Lipinski definition) is 0. The van der Waals surface area contributed by atoms with Crippen LogP contribution in [0.3, 0.4) is 0 Å². The van der Waals surface area contributed by atoms with Crippen LogP contribution in [0.4, 0.5) is 0 Å². The van der Waals surface area contributed by atoms with Crippen LogP contribution in [-0.2, 0) is 6.42 Å². The fraction of sp³-hybridized carbons (Fsp3) is 0.600. The molecule has 1 aromatic heterocycles. The van der Waals surface area contributed by atoms with E-state index in [9.17, 15) is 0 Å². The summed E-state index contributed by atoms with van der Waals surface area (Å²) < 4.78 is 0. The van der Waals surface area contributed by atoms with Gasteiger partial charge in [0.05, 0.1) is 0 Å². The van der Waals surface area contributed by atoms with E-state index >= 15 is 0 Å². The van der Waals surface area contributed by atoms with E-state index in [-0.39, 0.29) is 0 Å². The minimum Gasteiger partial charge on any atom is -0.239 e. The van der Waals surface area contributed by atoms with Crippen LogP contribution in [0, 0.1) is 19.8 Å². The highest BCUT2D eigenvalue weighted by atomic mass is 14.9. The maximum atomic E-state index is 4.36. The summed E-state index contributed by atoms with van der Waals surface area (Å²) in [5.41, 5.74) is 2.23. The van der Waals surface area contributed by atoms with Gasteiger partial charge in [-0.1, -0.05) is 13.8 Å². The Hall–Kier alpha value is -0.920. The smallest absolute Gasteiger partial charge is 0.125 e. The van der Waals surface area contributed by atoms with Gasteiger partial charge in [0.2, 0.25) is 0 Å². The molecule has 0 spiro atoms. The monoisotopic (exact) mass is 164 g/mol. The van der Waals surface area contributed by atoms with Crippen molar-refractivity contribution in [2.45, 2.75) is 34.1 Å². The highest BCUT2D eigenvalue weighted by molar-refractivity contribution is 5.09. The van der Waals surface area contributed by atoms with Gasteiger partial charge in [0, 0.05) is 11.4 Å². The summed E-state index contributed by atoms with van der Waals surface area (Å²) in [6.45, 7) is 8.36. The van der Waals surface area contributed by atoms with Crippen molar-refractivity contribution in [2.24, 2.45) is 5.92 Å². The van der Waals surface area contributed by atoms with E-state index in [1.807, 2.05) is 13.8 Å². The summed E-state index contributed by atoms with van der Waals surface area (Å²) in [6, 6.07) is 2.06. The maximum absolute atomic E-state index is 4.36. The molecular weight excluding hydrogens is 148 g/mol. The summed E-state index contributed by atoms with van der Waals surface area (Å²) in [4.78, 5) is 8.59. The second-order valence-corrected chi connectivity index (χ2v) is 3.65. The van der Waals surface area contributed by atoms with Crippen molar-refractivity contribution in [1.29, 1.82) is 0 Å². The molecule has 2 heteroatoms. The van der Waals surface area contributed by atoms with E-state index in [0.29, 0.717) is 5.92 Å². The minimum atomic E-state index is 0.665. The predicted molar refractivity (Wildman–Crippen MR) is 50.0 cm³/mol. The summed E-state index contributed by atoms with van der Waals surface area (Å²) in [5.74, 6) is 1.55. The molecule has 0 N–H and O–H groups in total. The zero-order chi connectivity index (χ0) is 9.14. The van der Waals surface area contributed by atoms with Gasteiger partial charge in [0.15, 0.2) is 0 Å². The van der Waals surface area contributed by atoms with Gasteiger partial charge in [-0.15, -0.1) is 0 Å². The van der Waals surface area contributed by atoms with Crippen LogP contribution in [0.5, 0.6) is 0 Å². The Morgan fingerprint density at radius 3 is 2.42 bits per heavy atom. The van der Waals surface area contributed by atoms with Crippen LogP contribution in [0.15, 0.2) is 6.07 Å². The molecular formula is C10H16N2. The standard InChI is InChI=1S/C10H16N2/c1-7(2)5-10-6-8(3)11-9(4)12-10/h6-7H,5H2,1-4H3. The van der Waals surface area contributed by atoms with Crippen molar-refractivity contribution < 1.29 is 0 Å². The molecule has 2 nitrogen and oxygen atoms in total. The van der Waals surface area contributed by atoms with Crippen molar-refractivity contribution in [3.05, 3.63) is 23.3 Å². The molecule has 1 heterocycles. The zero-order valence-corrected chi connectivity index (χ0v) is 8.26. The molecule has 0 atom stereocenters. The van der Waals surface area contributed by atoms with Gasteiger partial charge in [0.25, 0.3) is 0 Å². The molecule has 0 unspecified atom stereocenters. The van der Waals surface area contributed by atoms with Crippen LogP contribution in [0.2, 0.25) is 0 Å². The Morgan fingerprint density at radius 2 is 1.92 bits per heavy atom. The third-order valence-corrected chi connectivity index (χ3v) is 1.64. The van der Waals surface area contributed by atoms with Gasteiger partial charge >= 0.3 is 0 Å².